The molecule has 16 heteroatoms. The second kappa shape index (κ2) is 9.13. The summed E-state index contributed by atoms with van der Waals surface area (Å²) >= 11 is 13.7. The topological polar surface area (TPSA) is 184 Å². The molecule has 2 aromatic heterocycles. The van der Waals surface area contributed by atoms with Crippen LogP contribution >= 0.6 is 46.3 Å². The van der Waals surface area contributed by atoms with Gasteiger partial charge in [-0.3, -0.25) is 14.5 Å². The van der Waals surface area contributed by atoms with E-state index < -0.39 is 35.6 Å². The number of carboxylic acid groups (broad SMARTS) is 1. The lowest BCUT2D eigenvalue weighted by molar-refractivity contribution is -0.155. The summed E-state index contributed by atoms with van der Waals surface area (Å²) in [6.45, 7) is 0. The van der Waals surface area contributed by atoms with Gasteiger partial charge in [-0.2, -0.15) is 0 Å². The maximum Gasteiger partial charge on any atom is 0.353 e. The third-order valence-electron chi connectivity index (χ3n) is 4.86. The number of thiazole rings is 1. The first kappa shape index (κ1) is 23.2. The molecular weight excluding hydrogens is 517 g/mol. The molecule has 5 N–H and O–H groups in total. The minimum absolute atomic E-state index is 0.0396. The lowest BCUT2D eigenvalue weighted by Gasteiger charge is -2.50. The van der Waals surface area contributed by atoms with Crippen molar-refractivity contribution in [2.45, 2.75) is 30.0 Å². The Labute approximate surface area is 203 Å². The molecule has 0 spiro atoms. The van der Waals surface area contributed by atoms with Crippen LogP contribution in [0.5, 0.6) is 0 Å². The van der Waals surface area contributed by atoms with Gasteiger partial charge in [0.1, 0.15) is 26.8 Å². The number of nitrogens with zero attached hydrogens (tertiary/aromatic N) is 5. The monoisotopic (exact) mass is 529 g/mol. The van der Waals surface area contributed by atoms with Crippen LogP contribution in [0.1, 0.15) is 18.5 Å². The number of oxime groups is 1. The van der Waals surface area contributed by atoms with Gasteiger partial charge in [-0.05, 0) is 25.0 Å². The van der Waals surface area contributed by atoms with Gasteiger partial charge >= 0.3 is 5.97 Å². The summed E-state index contributed by atoms with van der Waals surface area (Å²) in [6.07, 6.45) is 0.708. The van der Waals surface area contributed by atoms with Crippen molar-refractivity contribution >= 4 is 74.9 Å². The largest absolute Gasteiger partial charge is 0.477 e. The molecule has 2 aliphatic heterocycles. The lowest BCUT2D eigenvalue weighted by Crippen LogP contribution is -2.72. The second-order valence-electron chi connectivity index (χ2n) is 6.76. The van der Waals surface area contributed by atoms with E-state index in [1.807, 2.05) is 0 Å². The number of aromatic nitrogens is 3. The number of fused-ring (bicyclic) bond motifs is 1. The molecule has 172 valence electrons. The van der Waals surface area contributed by atoms with Crippen molar-refractivity contribution in [1.82, 2.24) is 25.4 Å². The van der Waals surface area contributed by atoms with Crippen molar-refractivity contribution < 1.29 is 24.7 Å². The number of allylic oxidation sites excluding steroid dienone is 1. The van der Waals surface area contributed by atoms with Gasteiger partial charge in [-0.25, -0.2) is 9.78 Å². The van der Waals surface area contributed by atoms with Crippen LogP contribution in [0.3, 0.4) is 0 Å². The minimum atomic E-state index is -1.29. The summed E-state index contributed by atoms with van der Waals surface area (Å²) in [5, 5.41) is 32.7. The van der Waals surface area contributed by atoms with Crippen LogP contribution < -0.4 is 11.1 Å². The van der Waals surface area contributed by atoms with Crippen molar-refractivity contribution in [3.63, 3.8) is 0 Å². The Balaban J connectivity index is 1.53. The van der Waals surface area contributed by atoms with E-state index in [0.29, 0.717) is 22.8 Å². The Morgan fingerprint density at radius 1 is 1.33 bits per heavy atom. The highest BCUT2D eigenvalue weighted by molar-refractivity contribution is 8.03. The molecule has 12 nitrogen and oxygen atoms in total. The Morgan fingerprint density at radius 2 is 2.09 bits per heavy atom. The maximum absolute atomic E-state index is 12.8. The zero-order valence-corrected chi connectivity index (χ0v) is 19.4. The lowest BCUT2D eigenvalue weighted by atomic mass is 9.86. The fraction of sp³-hybridized carbons (Fsp3) is 0.235. The smallest absolute Gasteiger partial charge is 0.353 e. The Kier molecular flexibility index (Phi) is 6.43. The molecule has 1 fully saturated rings. The summed E-state index contributed by atoms with van der Waals surface area (Å²) < 4.78 is 0.0396. The first-order valence-electron chi connectivity index (χ1n) is 9.13. The molecule has 0 bridgehead atoms. The van der Waals surface area contributed by atoms with Crippen LogP contribution in [0.15, 0.2) is 32.9 Å². The molecule has 2 atom stereocenters. The average Bonchev–Trinajstić information content (AvgIpc) is 3.11. The third-order valence-corrected chi connectivity index (χ3v) is 7.21. The van der Waals surface area contributed by atoms with Gasteiger partial charge in [0, 0.05) is 4.91 Å². The predicted molar refractivity (Wildman–Crippen MR) is 119 cm³/mol. The number of anilines is 1. The summed E-state index contributed by atoms with van der Waals surface area (Å²) in [7, 11) is 0. The van der Waals surface area contributed by atoms with E-state index in [9.17, 15) is 24.7 Å². The number of carbonyl (C=O) groups is 3. The van der Waals surface area contributed by atoms with E-state index in [1.54, 1.807) is 6.07 Å². The highest BCUT2D eigenvalue weighted by Gasteiger charge is 2.54. The van der Waals surface area contributed by atoms with E-state index in [2.05, 4.69) is 25.7 Å². The first-order valence-corrected chi connectivity index (χ1v) is 11.5. The predicted octanol–water partition coefficient (Wildman–Crippen LogP) is 1.58. The molecule has 0 aliphatic carbocycles. The normalized spacial score (nSPS) is 20.4. The zero-order valence-electron chi connectivity index (χ0n) is 16.2. The average molecular weight is 530 g/mol. The van der Waals surface area contributed by atoms with Crippen LogP contribution in [-0.2, 0) is 14.4 Å². The molecule has 33 heavy (non-hydrogen) atoms. The van der Waals surface area contributed by atoms with E-state index in [-0.39, 0.29) is 26.0 Å². The zero-order chi connectivity index (χ0) is 23.9. The van der Waals surface area contributed by atoms with Crippen LogP contribution in [0, 0.1) is 0 Å². The number of rotatable bonds is 6. The number of nitrogens with one attached hydrogen (secondary N) is 1. The molecule has 2 amide bonds. The van der Waals surface area contributed by atoms with Gasteiger partial charge in [0.15, 0.2) is 16.0 Å². The minimum Gasteiger partial charge on any atom is -0.477 e. The Hall–Kier alpha value is -2.94. The molecule has 2 aromatic rings. The number of hydrogen-bond donors (Lipinski definition) is 4. The quantitative estimate of drug-likeness (QED) is 0.185. The molecule has 0 saturated carbocycles. The number of carboxylic acids is 1. The van der Waals surface area contributed by atoms with Gasteiger partial charge in [0.2, 0.25) is 0 Å². The van der Waals surface area contributed by atoms with Crippen LogP contribution in [0.2, 0.25) is 9.49 Å². The number of hydrogen-bond acceptors (Lipinski definition) is 11. The molecule has 0 radical (unpaired) electrons. The van der Waals surface area contributed by atoms with Gasteiger partial charge in [-0.1, -0.05) is 51.5 Å². The molecule has 4 heterocycles. The van der Waals surface area contributed by atoms with E-state index >= 15 is 0 Å². The summed E-state index contributed by atoms with van der Waals surface area (Å²) in [5.41, 5.74) is 4.73. The summed E-state index contributed by atoms with van der Waals surface area (Å²) in [6, 6.07) is 1.50. The second-order valence-corrected chi connectivity index (χ2v) is 9.90. The van der Waals surface area contributed by atoms with Gasteiger partial charge in [-0.15, -0.1) is 10.2 Å². The molecule has 0 aromatic carbocycles. The third kappa shape index (κ3) is 4.34. The van der Waals surface area contributed by atoms with Crippen molar-refractivity contribution in [1.29, 1.82) is 0 Å². The van der Waals surface area contributed by atoms with Crippen molar-refractivity contribution in [2.75, 3.05) is 5.73 Å². The molecular formula is C17H13Cl2N7O5S2. The number of aliphatic carboxylic acids is 1. The standard InChI is InChI=1S/C17H13Cl2N7O5S2/c18-7-3-4-8(24-23-7)32-6-2-1-5-9(15(28)26(5)12(6)16(29)30)21-14(27)11(25-31)10-13(19)33-17(20)22-10/h3-5,9,31H,1-2H2,(H2,20,22)(H,21,27)(H,29,30)/b25-11-/t5?,9-/m0/s1. The van der Waals surface area contributed by atoms with Gasteiger partial charge in [0.25, 0.3) is 11.8 Å². The summed E-state index contributed by atoms with van der Waals surface area (Å²) in [5.74, 6) is -2.81. The number of nitrogen functional groups attached to an aromatic ring is 1. The highest BCUT2D eigenvalue weighted by Crippen LogP contribution is 2.42. The SMILES string of the molecule is Nc1nc(/C(=N/O)C(=O)N[C@@H]2C(=O)N3C(C(=O)O)=C(Sc4ccc(Cl)nn4)CCC23)c(Cl)s1. The Bertz CT molecular complexity index is 1220. The maximum atomic E-state index is 12.8. The number of nitrogens with two attached hydrogens (primary N) is 1. The molecule has 1 saturated heterocycles. The molecule has 2 aliphatic rings. The Morgan fingerprint density at radius 3 is 2.67 bits per heavy atom. The molecule has 4 rings (SSSR count). The van der Waals surface area contributed by atoms with Gasteiger partial charge in [0.05, 0.1) is 6.04 Å². The summed E-state index contributed by atoms with van der Waals surface area (Å²) in [4.78, 5) is 42.8. The van der Waals surface area contributed by atoms with Crippen LogP contribution in [0.25, 0.3) is 0 Å². The number of carbonyl (C=O) groups excluding carboxylic acids is 2. The number of thioether (sulfide) groups is 1. The first-order chi connectivity index (χ1) is 15.7. The van der Waals surface area contributed by atoms with Gasteiger partial charge < -0.3 is 21.4 Å². The van der Waals surface area contributed by atoms with E-state index in [0.717, 1.165) is 28.0 Å². The highest BCUT2D eigenvalue weighted by atomic mass is 35.5. The van der Waals surface area contributed by atoms with Crippen LogP contribution in [-0.4, -0.2) is 66.0 Å². The van der Waals surface area contributed by atoms with Crippen molar-refractivity contribution in [3.8, 4) is 0 Å². The van der Waals surface area contributed by atoms with Crippen molar-refractivity contribution in [3.05, 3.63) is 37.9 Å². The fourth-order valence-corrected chi connectivity index (χ4v) is 5.49. The van der Waals surface area contributed by atoms with Crippen molar-refractivity contribution in [2.24, 2.45) is 5.16 Å². The van der Waals surface area contributed by atoms with Crippen LogP contribution in [0.4, 0.5) is 5.13 Å². The number of β-lactam (4-membered cyclic amide) rings is 1. The van der Waals surface area contributed by atoms with E-state index in [1.165, 1.54) is 6.07 Å². The van der Waals surface area contributed by atoms with E-state index in [4.69, 9.17) is 28.9 Å². The fourth-order valence-electron chi connectivity index (χ4n) is 3.49. The number of halogens is 2. The molecule has 1 unspecified atom stereocenters. The number of amides is 2.